The number of nitrogens with zero attached hydrogens (tertiary/aromatic N) is 1. The van der Waals surface area contributed by atoms with Gasteiger partial charge in [0.1, 0.15) is 0 Å². The van der Waals surface area contributed by atoms with Crippen molar-refractivity contribution in [3.05, 3.63) is 40.9 Å². The molecule has 3 rings (SSSR count). The van der Waals surface area contributed by atoms with Gasteiger partial charge in [0.25, 0.3) is 0 Å². The fourth-order valence-corrected chi connectivity index (χ4v) is 2.70. The molecule has 2 aliphatic rings. The number of hydrogen-bond acceptors (Lipinski definition) is 3. The van der Waals surface area contributed by atoms with Crippen LogP contribution in [0.4, 0.5) is 5.69 Å². The number of aromatic carboxylic acids is 1. The first-order chi connectivity index (χ1) is 9.15. The van der Waals surface area contributed by atoms with Crippen LogP contribution >= 0.6 is 11.6 Å². The summed E-state index contributed by atoms with van der Waals surface area (Å²) >= 11 is 6.02. The Morgan fingerprint density at radius 3 is 3.05 bits per heavy atom. The van der Waals surface area contributed by atoms with Crippen LogP contribution in [0.3, 0.4) is 0 Å². The van der Waals surface area contributed by atoms with E-state index < -0.39 is 5.97 Å². The molecule has 0 radical (unpaired) electrons. The lowest BCUT2D eigenvalue weighted by Gasteiger charge is -2.32. The number of carboxylic acids is 1. The van der Waals surface area contributed by atoms with Gasteiger partial charge in [-0.05, 0) is 37.0 Å². The molecule has 1 fully saturated rings. The van der Waals surface area contributed by atoms with Crippen LogP contribution in [-0.4, -0.2) is 16.8 Å². The smallest absolute Gasteiger partial charge is 0.335 e. The van der Waals surface area contributed by atoms with Crippen molar-refractivity contribution in [2.45, 2.75) is 12.8 Å². The first kappa shape index (κ1) is 12.2. The molecule has 2 atom stereocenters. The maximum Gasteiger partial charge on any atom is 0.335 e. The number of carboxylic acid groups (broad SMARTS) is 1. The molecule has 0 unspecified atom stereocenters. The predicted molar refractivity (Wildman–Crippen MR) is 74.8 cm³/mol. The van der Waals surface area contributed by atoms with Crippen LogP contribution in [0.25, 0.3) is 0 Å². The zero-order valence-electron chi connectivity index (χ0n) is 10.1. The Morgan fingerprint density at radius 2 is 2.32 bits per heavy atom. The van der Waals surface area contributed by atoms with Gasteiger partial charge in [0.2, 0.25) is 0 Å². The van der Waals surface area contributed by atoms with E-state index in [0.29, 0.717) is 22.5 Å². The van der Waals surface area contributed by atoms with Crippen molar-refractivity contribution in [3.8, 4) is 0 Å². The SMILES string of the molecule is O=C(O)c1ccc(Cl)c(N/N=C2/C[C@@H]3C=CC[C@@H]23)c1. The van der Waals surface area contributed by atoms with Gasteiger partial charge in [-0.3, -0.25) is 5.43 Å². The number of halogens is 1. The molecule has 98 valence electrons. The summed E-state index contributed by atoms with van der Waals surface area (Å²) in [6, 6.07) is 4.54. The highest BCUT2D eigenvalue weighted by atomic mass is 35.5. The van der Waals surface area contributed by atoms with Crippen molar-refractivity contribution in [1.82, 2.24) is 0 Å². The number of carbonyl (C=O) groups is 1. The first-order valence-corrected chi connectivity index (χ1v) is 6.55. The zero-order chi connectivity index (χ0) is 13.4. The van der Waals surface area contributed by atoms with Gasteiger partial charge in [-0.15, -0.1) is 0 Å². The molecule has 0 aromatic heterocycles. The Labute approximate surface area is 115 Å². The van der Waals surface area contributed by atoms with Gasteiger partial charge >= 0.3 is 5.97 Å². The van der Waals surface area contributed by atoms with Crippen LogP contribution < -0.4 is 5.43 Å². The van der Waals surface area contributed by atoms with Gasteiger partial charge in [0.15, 0.2) is 0 Å². The summed E-state index contributed by atoms with van der Waals surface area (Å²) in [6.45, 7) is 0. The highest BCUT2D eigenvalue weighted by Crippen LogP contribution is 2.40. The molecule has 1 saturated carbocycles. The summed E-state index contributed by atoms with van der Waals surface area (Å²) in [6.07, 6.45) is 6.45. The molecule has 2 N–H and O–H groups in total. The minimum atomic E-state index is -0.976. The van der Waals surface area contributed by atoms with Crippen LogP contribution in [0.1, 0.15) is 23.2 Å². The molecule has 1 aromatic rings. The number of rotatable bonds is 3. The topological polar surface area (TPSA) is 61.7 Å². The van der Waals surface area contributed by atoms with Gasteiger partial charge in [-0.2, -0.15) is 5.10 Å². The third-order valence-corrected chi connectivity index (χ3v) is 4.03. The number of hydrogen-bond donors (Lipinski definition) is 2. The summed E-state index contributed by atoms with van der Waals surface area (Å²) in [7, 11) is 0. The number of benzene rings is 1. The molecular weight excluding hydrogens is 264 g/mol. The largest absolute Gasteiger partial charge is 0.478 e. The van der Waals surface area contributed by atoms with E-state index in [2.05, 4.69) is 22.7 Å². The van der Waals surface area contributed by atoms with Crippen molar-refractivity contribution in [1.29, 1.82) is 0 Å². The predicted octanol–water partition coefficient (Wildman–Crippen LogP) is 3.40. The number of anilines is 1. The number of hydrazone groups is 1. The molecular formula is C14H13ClN2O2. The summed E-state index contributed by atoms with van der Waals surface area (Å²) in [5.41, 5.74) is 4.75. The lowest BCUT2D eigenvalue weighted by molar-refractivity contribution is 0.0697. The average molecular weight is 277 g/mol. The Bertz CT molecular complexity index is 595. The minimum absolute atomic E-state index is 0.195. The van der Waals surface area contributed by atoms with Crippen molar-refractivity contribution >= 4 is 29.0 Å². The molecule has 0 amide bonds. The quantitative estimate of drug-likeness (QED) is 0.657. The minimum Gasteiger partial charge on any atom is -0.478 e. The van der Waals surface area contributed by atoms with E-state index in [1.807, 2.05) is 0 Å². The molecule has 5 heteroatoms. The van der Waals surface area contributed by atoms with Crippen molar-refractivity contribution in [2.75, 3.05) is 5.43 Å². The lowest BCUT2D eigenvalue weighted by atomic mass is 9.74. The molecule has 0 spiro atoms. The highest BCUT2D eigenvalue weighted by Gasteiger charge is 2.37. The molecule has 1 aromatic carbocycles. The van der Waals surface area contributed by atoms with Crippen molar-refractivity contribution < 1.29 is 9.90 Å². The summed E-state index contributed by atoms with van der Waals surface area (Å²) < 4.78 is 0. The third kappa shape index (κ3) is 2.24. The van der Waals surface area contributed by atoms with Crippen LogP contribution in [0.15, 0.2) is 35.5 Å². The molecule has 19 heavy (non-hydrogen) atoms. The fraction of sp³-hybridized carbons (Fsp3) is 0.286. The average Bonchev–Trinajstić information content (AvgIpc) is 2.73. The Morgan fingerprint density at radius 1 is 1.47 bits per heavy atom. The molecule has 0 aliphatic heterocycles. The van der Waals surface area contributed by atoms with E-state index >= 15 is 0 Å². The third-order valence-electron chi connectivity index (χ3n) is 3.70. The van der Waals surface area contributed by atoms with Crippen LogP contribution in [-0.2, 0) is 0 Å². The first-order valence-electron chi connectivity index (χ1n) is 6.17. The number of allylic oxidation sites excluding steroid dienone is 2. The van der Waals surface area contributed by atoms with Gasteiger partial charge < -0.3 is 5.11 Å². The standard InChI is InChI=1S/C14H13ClN2O2/c15-11-5-4-9(14(18)19)7-13(11)17-16-12-6-8-2-1-3-10(8)12/h1-2,4-5,7-8,10,17H,3,6H2,(H,18,19)/b16-12-/t8-,10+/m0/s1. The summed E-state index contributed by atoms with van der Waals surface area (Å²) in [5, 5.41) is 13.8. The van der Waals surface area contributed by atoms with Crippen LogP contribution in [0, 0.1) is 11.8 Å². The van der Waals surface area contributed by atoms with E-state index in [4.69, 9.17) is 16.7 Å². The van der Waals surface area contributed by atoms with Gasteiger partial charge in [-0.1, -0.05) is 23.8 Å². The maximum atomic E-state index is 10.9. The monoisotopic (exact) mass is 276 g/mol. The second-order valence-corrected chi connectivity index (χ2v) is 5.26. The van der Waals surface area contributed by atoms with E-state index in [0.717, 1.165) is 18.6 Å². The lowest BCUT2D eigenvalue weighted by Crippen LogP contribution is -2.33. The van der Waals surface area contributed by atoms with E-state index in [9.17, 15) is 4.79 Å². The Balaban J connectivity index is 1.75. The van der Waals surface area contributed by atoms with Gasteiger partial charge in [0, 0.05) is 11.6 Å². The van der Waals surface area contributed by atoms with Gasteiger partial charge in [-0.25, -0.2) is 4.79 Å². The van der Waals surface area contributed by atoms with E-state index in [1.165, 1.54) is 12.1 Å². The van der Waals surface area contributed by atoms with Gasteiger partial charge in [0.05, 0.1) is 16.3 Å². The second kappa shape index (κ2) is 4.70. The normalized spacial score (nSPS) is 26.1. The molecule has 0 saturated heterocycles. The second-order valence-electron chi connectivity index (χ2n) is 4.85. The van der Waals surface area contributed by atoms with Crippen LogP contribution in [0.5, 0.6) is 0 Å². The summed E-state index contributed by atoms with van der Waals surface area (Å²) in [4.78, 5) is 10.9. The van der Waals surface area contributed by atoms with E-state index in [1.54, 1.807) is 6.07 Å². The highest BCUT2D eigenvalue weighted by molar-refractivity contribution is 6.33. The molecule has 0 bridgehead atoms. The fourth-order valence-electron chi connectivity index (χ4n) is 2.54. The summed E-state index contributed by atoms with van der Waals surface area (Å²) in [5.74, 6) is 0.186. The molecule has 2 aliphatic carbocycles. The Kier molecular flexibility index (Phi) is 3.03. The Hall–Kier alpha value is -1.81. The number of nitrogens with one attached hydrogen (secondary N) is 1. The van der Waals surface area contributed by atoms with Crippen molar-refractivity contribution in [2.24, 2.45) is 16.9 Å². The number of fused-ring (bicyclic) bond motifs is 1. The maximum absolute atomic E-state index is 10.9. The van der Waals surface area contributed by atoms with Crippen LogP contribution in [0.2, 0.25) is 5.02 Å². The van der Waals surface area contributed by atoms with Crippen molar-refractivity contribution in [3.63, 3.8) is 0 Å². The van der Waals surface area contributed by atoms with E-state index in [-0.39, 0.29) is 5.56 Å². The zero-order valence-corrected chi connectivity index (χ0v) is 10.9. The molecule has 4 nitrogen and oxygen atoms in total. The molecule has 0 heterocycles.